The van der Waals surface area contributed by atoms with Gasteiger partial charge in [0.05, 0.1) is 6.26 Å². The highest BCUT2D eigenvalue weighted by molar-refractivity contribution is 6.31. The summed E-state index contributed by atoms with van der Waals surface area (Å²) in [5, 5.41) is 3.58. The van der Waals surface area contributed by atoms with E-state index in [1.165, 1.54) is 12.1 Å². The summed E-state index contributed by atoms with van der Waals surface area (Å²) < 4.78 is 18.3. The smallest absolute Gasteiger partial charge is 0.124 e. The highest BCUT2D eigenvalue weighted by atomic mass is 35.5. The van der Waals surface area contributed by atoms with Crippen LogP contribution in [0.4, 0.5) is 4.39 Å². The molecule has 1 aromatic carbocycles. The zero-order chi connectivity index (χ0) is 12.3. The van der Waals surface area contributed by atoms with Gasteiger partial charge in [-0.05, 0) is 36.9 Å². The van der Waals surface area contributed by atoms with Gasteiger partial charge < -0.3 is 9.73 Å². The number of hydrogen-bond donors (Lipinski definition) is 1. The molecule has 0 saturated carbocycles. The van der Waals surface area contributed by atoms with E-state index in [9.17, 15) is 4.39 Å². The molecule has 2 rings (SSSR count). The van der Waals surface area contributed by atoms with Crippen molar-refractivity contribution in [2.45, 2.75) is 12.5 Å². The van der Waals surface area contributed by atoms with Crippen LogP contribution in [-0.2, 0) is 6.42 Å². The van der Waals surface area contributed by atoms with Crippen LogP contribution in [0, 0.1) is 5.82 Å². The molecule has 0 bridgehead atoms. The Hall–Kier alpha value is -1.32. The number of likely N-dealkylation sites (N-methyl/N-ethyl adjacent to an activating group) is 1. The van der Waals surface area contributed by atoms with Gasteiger partial charge in [0.2, 0.25) is 0 Å². The van der Waals surface area contributed by atoms with E-state index in [0.717, 1.165) is 11.3 Å². The normalized spacial score (nSPS) is 12.6. The van der Waals surface area contributed by atoms with Gasteiger partial charge in [0.15, 0.2) is 0 Å². The molecule has 0 spiro atoms. The van der Waals surface area contributed by atoms with E-state index in [4.69, 9.17) is 16.0 Å². The van der Waals surface area contributed by atoms with Crippen molar-refractivity contribution in [3.63, 3.8) is 0 Å². The van der Waals surface area contributed by atoms with Crippen molar-refractivity contribution in [1.29, 1.82) is 0 Å². The molecular weight excluding hydrogens is 241 g/mol. The van der Waals surface area contributed by atoms with Crippen LogP contribution in [-0.4, -0.2) is 7.05 Å². The largest absolute Gasteiger partial charge is 0.469 e. The highest BCUT2D eigenvalue weighted by Gasteiger charge is 2.15. The number of hydrogen-bond acceptors (Lipinski definition) is 2. The zero-order valence-electron chi connectivity index (χ0n) is 9.41. The maximum atomic E-state index is 13.0. The molecule has 1 N–H and O–H groups in total. The second-order valence-electron chi connectivity index (χ2n) is 3.79. The molecule has 4 heteroatoms. The van der Waals surface area contributed by atoms with Gasteiger partial charge in [-0.3, -0.25) is 0 Å². The number of benzene rings is 1. The monoisotopic (exact) mass is 253 g/mol. The average Bonchev–Trinajstić information content (AvgIpc) is 2.79. The summed E-state index contributed by atoms with van der Waals surface area (Å²) in [6.07, 6.45) is 2.31. The van der Waals surface area contributed by atoms with Gasteiger partial charge in [0.25, 0.3) is 0 Å². The van der Waals surface area contributed by atoms with Crippen molar-refractivity contribution in [2.75, 3.05) is 7.05 Å². The Morgan fingerprint density at radius 1 is 1.41 bits per heavy atom. The summed E-state index contributed by atoms with van der Waals surface area (Å²) in [5.74, 6) is 0.538. The fraction of sp³-hybridized carbons (Fsp3) is 0.231. The summed E-state index contributed by atoms with van der Waals surface area (Å²) in [6, 6.07) is 8.18. The van der Waals surface area contributed by atoms with Crippen molar-refractivity contribution in [1.82, 2.24) is 5.32 Å². The molecule has 0 aliphatic carbocycles. The Morgan fingerprint density at radius 2 is 2.24 bits per heavy atom. The molecule has 1 heterocycles. The van der Waals surface area contributed by atoms with Crippen LogP contribution >= 0.6 is 11.6 Å². The highest BCUT2D eigenvalue weighted by Crippen LogP contribution is 2.26. The molecule has 0 aliphatic rings. The predicted octanol–water partition coefficient (Wildman–Crippen LogP) is 3.58. The van der Waals surface area contributed by atoms with E-state index in [1.54, 1.807) is 12.3 Å². The first-order valence-electron chi connectivity index (χ1n) is 5.35. The lowest BCUT2D eigenvalue weighted by molar-refractivity contribution is 0.465. The standard InChI is InChI=1S/C13H13ClFNO/c1-16-13(8-10-3-2-6-17-10)11-5-4-9(15)7-12(11)14/h2-7,13,16H,8H2,1H3. The van der Waals surface area contributed by atoms with Crippen molar-refractivity contribution in [2.24, 2.45) is 0 Å². The lowest BCUT2D eigenvalue weighted by Gasteiger charge is -2.16. The SMILES string of the molecule is CNC(Cc1ccco1)c1ccc(F)cc1Cl. The van der Waals surface area contributed by atoms with E-state index in [1.807, 2.05) is 19.2 Å². The third-order valence-corrected chi connectivity index (χ3v) is 3.00. The van der Waals surface area contributed by atoms with E-state index >= 15 is 0 Å². The van der Waals surface area contributed by atoms with Gasteiger partial charge in [-0.2, -0.15) is 0 Å². The average molecular weight is 254 g/mol. The first-order valence-corrected chi connectivity index (χ1v) is 5.73. The minimum absolute atomic E-state index is 0.00856. The molecule has 17 heavy (non-hydrogen) atoms. The molecule has 0 fully saturated rings. The van der Waals surface area contributed by atoms with Gasteiger partial charge >= 0.3 is 0 Å². The fourth-order valence-corrected chi connectivity index (χ4v) is 2.08. The molecule has 2 nitrogen and oxygen atoms in total. The van der Waals surface area contributed by atoms with Crippen LogP contribution in [0.3, 0.4) is 0 Å². The minimum Gasteiger partial charge on any atom is -0.469 e. The van der Waals surface area contributed by atoms with Crippen molar-refractivity contribution in [3.8, 4) is 0 Å². The Bertz CT molecular complexity index is 484. The predicted molar refractivity (Wildman–Crippen MR) is 65.6 cm³/mol. The molecule has 2 aromatic rings. The van der Waals surface area contributed by atoms with Crippen molar-refractivity contribution in [3.05, 3.63) is 58.8 Å². The van der Waals surface area contributed by atoms with Crippen LogP contribution in [0.15, 0.2) is 41.0 Å². The first-order chi connectivity index (χ1) is 8.20. The Balaban J connectivity index is 2.23. The topological polar surface area (TPSA) is 25.2 Å². The summed E-state index contributed by atoms with van der Waals surface area (Å²) >= 11 is 6.03. The van der Waals surface area contributed by atoms with Gasteiger partial charge in [-0.1, -0.05) is 17.7 Å². The molecule has 0 saturated heterocycles. The third kappa shape index (κ3) is 2.87. The molecule has 0 aliphatic heterocycles. The molecule has 1 aromatic heterocycles. The second kappa shape index (κ2) is 5.34. The van der Waals surface area contributed by atoms with Gasteiger partial charge in [-0.25, -0.2) is 4.39 Å². The van der Waals surface area contributed by atoms with Gasteiger partial charge in [0.1, 0.15) is 11.6 Å². The van der Waals surface area contributed by atoms with Crippen LogP contribution in [0.1, 0.15) is 17.4 Å². The Morgan fingerprint density at radius 3 is 2.82 bits per heavy atom. The maximum Gasteiger partial charge on any atom is 0.124 e. The summed E-state index contributed by atoms with van der Waals surface area (Å²) in [5.41, 5.74) is 0.868. The first kappa shape index (κ1) is 12.1. The molecule has 1 unspecified atom stereocenters. The van der Waals surface area contributed by atoms with Crippen LogP contribution in [0.25, 0.3) is 0 Å². The molecule has 0 radical (unpaired) electrons. The molecule has 90 valence electrons. The van der Waals surface area contributed by atoms with Crippen molar-refractivity contribution >= 4 is 11.6 Å². The van der Waals surface area contributed by atoms with E-state index < -0.39 is 0 Å². The maximum absolute atomic E-state index is 13.0. The van der Waals surface area contributed by atoms with E-state index in [-0.39, 0.29) is 11.9 Å². The Labute approximate surface area is 104 Å². The number of halogens is 2. The van der Waals surface area contributed by atoms with Gasteiger partial charge in [-0.15, -0.1) is 0 Å². The van der Waals surface area contributed by atoms with Crippen LogP contribution in [0.5, 0.6) is 0 Å². The molecular formula is C13H13ClFNO. The number of rotatable bonds is 4. The van der Waals surface area contributed by atoms with Gasteiger partial charge in [0, 0.05) is 17.5 Å². The molecule has 1 atom stereocenters. The summed E-state index contributed by atoms with van der Waals surface area (Å²) in [4.78, 5) is 0. The summed E-state index contributed by atoms with van der Waals surface area (Å²) in [7, 11) is 1.84. The lowest BCUT2D eigenvalue weighted by atomic mass is 10.0. The summed E-state index contributed by atoms with van der Waals surface area (Å²) in [6.45, 7) is 0. The lowest BCUT2D eigenvalue weighted by Crippen LogP contribution is -2.19. The minimum atomic E-state index is -0.327. The quantitative estimate of drug-likeness (QED) is 0.901. The molecule has 0 amide bonds. The zero-order valence-corrected chi connectivity index (χ0v) is 10.2. The van der Waals surface area contributed by atoms with E-state index in [2.05, 4.69) is 5.32 Å². The Kier molecular flexibility index (Phi) is 3.82. The van der Waals surface area contributed by atoms with Crippen LogP contribution in [0.2, 0.25) is 5.02 Å². The van der Waals surface area contributed by atoms with E-state index in [0.29, 0.717) is 11.4 Å². The van der Waals surface area contributed by atoms with Crippen LogP contribution < -0.4 is 5.32 Å². The number of nitrogens with one attached hydrogen (secondary N) is 1. The van der Waals surface area contributed by atoms with Crippen molar-refractivity contribution < 1.29 is 8.81 Å². The fourth-order valence-electron chi connectivity index (χ4n) is 1.78. The number of furan rings is 1. The second-order valence-corrected chi connectivity index (χ2v) is 4.20. The third-order valence-electron chi connectivity index (χ3n) is 2.67.